The summed E-state index contributed by atoms with van der Waals surface area (Å²) in [7, 11) is -2.35. The minimum absolute atomic E-state index is 0.0221. The minimum atomic E-state index is -3.93. The van der Waals surface area contributed by atoms with E-state index in [1.165, 1.54) is 24.8 Å². The Morgan fingerprint density at radius 3 is 2.42 bits per heavy atom. The summed E-state index contributed by atoms with van der Waals surface area (Å²) in [4.78, 5) is 26.1. The van der Waals surface area contributed by atoms with Crippen LogP contribution in [-0.2, 0) is 19.4 Å². The number of nitrogens with zero attached hydrogens (tertiary/aromatic N) is 1. The Morgan fingerprint density at radius 1 is 1.27 bits per heavy atom. The second kappa shape index (κ2) is 7.00. The quantitative estimate of drug-likeness (QED) is 0.757. The van der Waals surface area contributed by atoms with Crippen LogP contribution in [0, 0.1) is 13.8 Å². The number of sulfone groups is 1. The van der Waals surface area contributed by atoms with E-state index in [9.17, 15) is 23.1 Å². The smallest absolute Gasteiger partial charge is 0.336 e. The third-order valence-corrected chi connectivity index (χ3v) is 7.30. The predicted octanol–water partition coefficient (Wildman–Crippen LogP) is 2.33. The number of carboxylic acids is 1. The summed E-state index contributed by atoms with van der Waals surface area (Å²) >= 11 is 0. The number of methoxy groups -OCH3 is 1. The standard InChI is InChI=1S/C18H25NO6S/c1-11-10-13-15(12(2)14(11)16(20)21)19(8-6-7-9-25-5)17(22)18(3,4)26(13,23)24/h10H,6-9H2,1-5H3,(H,20,21). The number of hydrogen-bond donors (Lipinski definition) is 1. The van der Waals surface area contributed by atoms with Gasteiger partial charge in [-0.3, -0.25) is 4.79 Å². The first-order chi connectivity index (χ1) is 12.0. The van der Waals surface area contributed by atoms with Crippen LogP contribution >= 0.6 is 0 Å². The molecule has 1 aromatic rings. The number of aryl methyl sites for hydroxylation is 1. The Hall–Kier alpha value is -1.93. The van der Waals surface area contributed by atoms with Crippen LogP contribution in [-0.4, -0.2) is 50.4 Å². The predicted molar refractivity (Wildman–Crippen MR) is 97.6 cm³/mol. The van der Waals surface area contributed by atoms with Crippen molar-refractivity contribution in [2.75, 3.05) is 25.2 Å². The van der Waals surface area contributed by atoms with Gasteiger partial charge in [0.25, 0.3) is 0 Å². The van der Waals surface area contributed by atoms with E-state index in [0.29, 0.717) is 37.1 Å². The second-order valence-corrected chi connectivity index (χ2v) is 9.48. The summed E-state index contributed by atoms with van der Waals surface area (Å²) in [6, 6.07) is 1.37. The van der Waals surface area contributed by atoms with Gasteiger partial charge >= 0.3 is 5.97 Å². The zero-order valence-corrected chi connectivity index (χ0v) is 16.6. The van der Waals surface area contributed by atoms with E-state index >= 15 is 0 Å². The molecular formula is C18H25NO6S. The maximum absolute atomic E-state index is 13.0. The van der Waals surface area contributed by atoms with Crippen LogP contribution in [0.25, 0.3) is 0 Å². The molecule has 0 radical (unpaired) electrons. The van der Waals surface area contributed by atoms with Gasteiger partial charge in [-0.15, -0.1) is 0 Å². The van der Waals surface area contributed by atoms with Gasteiger partial charge < -0.3 is 14.7 Å². The molecule has 0 spiro atoms. The summed E-state index contributed by atoms with van der Waals surface area (Å²) in [5.74, 6) is -1.68. The summed E-state index contributed by atoms with van der Waals surface area (Å²) in [6.45, 7) is 6.75. The summed E-state index contributed by atoms with van der Waals surface area (Å²) in [5, 5.41) is 9.51. The van der Waals surface area contributed by atoms with Gasteiger partial charge in [-0.05, 0) is 57.7 Å². The molecule has 2 rings (SSSR count). The van der Waals surface area contributed by atoms with Gasteiger partial charge in [0, 0.05) is 20.3 Å². The minimum Gasteiger partial charge on any atom is -0.478 e. The van der Waals surface area contributed by atoms with Crippen molar-refractivity contribution in [1.82, 2.24) is 0 Å². The molecule has 26 heavy (non-hydrogen) atoms. The second-order valence-electron chi connectivity index (χ2n) is 7.02. The fraction of sp³-hybridized carbons (Fsp3) is 0.556. The van der Waals surface area contributed by atoms with Gasteiger partial charge in [0.1, 0.15) is 4.75 Å². The van der Waals surface area contributed by atoms with E-state index in [-0.39, 0.29) is 16.1 Å². The van der Waals surface area contributed by atoms with Crippen LogP contribution in [0.5, 0.6) is 0 Å². The molecule has 7 nitrogen and oxygen atoms in total. The van der Waals surface area contributed by atoms with E-state index < -0.39 is 26.5 Å². The highest BCUT2D eigenvalue weighted by atomic mass is 32.2. The maximum atomic E-state index is 13.0. The van der Waals surface area contributed by atoms with Crippen molar-refractivity contribution in [1.29, 1.82) is 0 Å². The molecule has 0 saturated carbocycles. The van der Waals surface area contributed by atoms with Crippen molar-refractivity contribution in [3.8, 4) is 0 Å². The Balaban J connectivity index is 2.71. The number of rotatable bonds is 6. The first-order valence-electron chi connectivity index (χ1n) is 8.41. The van der Waals surface area contributed by atoms with Crippen molar-refractivity contribution in [3.63, 3.8) is 0 Å². The number of benzene rings is 1. The molecule has 0 unspecified atom stereocenters. The fourth-order valence-electron chi connectivity index (χ4n) is 3.35. The Labute approximate surface area is 153 Å². The number of unbranched alkanes of at least 4 members (excludes halogenated alkanes) is 1. The molecule has 1 aromatic carbocycles. The van der Waals surface area contributed by atoms with E-state index in [1.54, 1.807) is 21.0 Å². The molecule has 1 heterocycles. The number of amides is 1. The van der Waals surface area contributed by atoms with Crippen LogP contribution in [0.2, 0.25) is 0 Å². The van der Waals surface area contributed by atoms with Crippen LogP contribution in [0.1, 0.15) is 48.2 Å². The first-order valence-corrected chi connectivity index (χ1v) is 9.89. The molecule has 0 saturated heterocycles. The molecule has 0 aromatic heterocycles. The van der Waals surface area contributed by atoms with Crippen molar-refractivity contribution < 1.29 is 27.9 Å². The van der Waals surface area contributed by atoms with Gasteiger partial charge in [-0.1, -0.05) is 0 Å². The van der Waals surface area contributed by atoms with E-state index in [2.05, 4.69) is 0 Å². The molecule has 8 heteroatoms. The van der Waals surface area contributed by atoms with Gasteiger partial charge in [0.15, 0.2) is 9.84 Å². The van der Waals surface area contributed by atoms with Crippen LogP contribution in [0.15, 0.2) is 11.0 Å². The van der Waals surface area contributed by atoms with Gasteiger partial charge in [-0.2, -0.15) is 0 Å². The average Bonchev–Trinajstić information content (AvgIpc) is 2.53. The largest absolute Gasteiger partial charge is 0.478 e. The highest BCUT2D eigenvalue weighted by Gasteiger charge is 2.52. The number of carboxylic acid groups (broad SMARTS) is 1. The number of carbonyl (C=O) groups excluding carboxylic acids is 1. The fourth-order valence-corrected chi connectivity index (χ4v) is 5.09. The zero-order valence-electron chi connectivity index (χ0n) is 15.7. The summed E-state index contributed by atoms with van der Waals surface area (Å²) in [6.07, 6.45) is 1.32. The lowest BCUT2D eigenvalue weighted by Gasteiger charge is -2.39. The van der Waals surface area contributed by atoms with E-state index in [1.807, 2.05) is 0 Å². The van der Waals surface area contributed by atoms with Crippen LogP contribution in [0.4, 0.5) is 5.69 Å². The topological polar surface area (TPSA) is 101 Å². The lowest BCUT2D eigenvalue weighted by Crippen LogP contribution is -2.55. The molecule has 1 amide bonds. The van der Waals surface area contributed by atoms with Gasteiger partial charge in [-0.25, -0.2) is 13.2 Å². The number of anilines is 1. The SMILES string of the molecule is COCCCCN1C(=O)C(C)(C)S(=O)(=O)c2cc(C)c(C(=O)O)c(C)c21. The normalized spacial score (nSPS) is 17.9. The molecule has 144 valence electrons. The third kappa shape index (κ3) is 3.01. The molecule has 1 aliphatic heterocycles. The van der Waals surface area contributed by atoms with Crippen molar-refractivity contribution in [2.45, 2.75) is 50.2 Å². The number of carbonyl (C=O) groups is 2. The van der Waals surface area contributed by atoms with Crippen molar-refractivity contribution in [3.05, 3.63) is 22.8 Å². The summed E-state index contributed by atoms with van der Waals surface area (Å²) < 4.78 is 29.5. The van der Waals surface area contributed by atoms with Gasteiger partial charge in [0.2, 0.25) is 5.91 Å². The molecule has 1 N–H and O–H groups in total. The van der Waals surface area contributed by atoms with Crippen LogP contribution < -0.4 is 4.90 Å². The first kappa shape index (κ1) is 20.4. The molecule has 0 fully saturated rings. The molecule has 0 aliphatic carbocycles. The molecule has 0 bridgehead atoms. The van der Waals surface area contributed by atoms with Crippen molar-refractivity contribution in [2.24, 2.45) is 0 Å². The lowest BCUT2D eigenvalue weighted by atomic mass is 9.98. The van der Waals surface area contributed by atoms with E-state index in [0.717, 1.165) is 0 Å². The average molecular weight is 383 g/mol. The highest BCUT2D eigenvalue weighted by Crippen LogP contribution is 2.44. The Morgan fingerprint density at radius 2 is 1.88 bits per heavy atom. The zero-order chi connectivity index (χ0) is 19.9. The van der Waals surface area contributed by atoms with Crippen LogP contribution in [0.3, 0.4) is 0 Å². The molecule has 1 aliphatic rings. The highest BCUT2D eigenvalue weighted by molar-refractivity contribution is 7.94. The van der Waals surface area contributed by atoms with Crippen molar-refractivity contribution >= 4 is 27.4 Å². The maximum Gasteiger partial charge on any atom is 0.336 e. The third-order valence-electron chi connectivity index (χ3n) is 4.89. The Bertz CT molecular complexity index is 857. The van der Waals surface area contributed by atoms with E-state index in [4.69, 9.17) is 4.74 Å². The number of hydrogen-bond acceptors (Lipinski definition) is 5. The number of ether oxygens (including phenoxy) is 1. The lowest BCUT2D eigenvalue weighted by molar-refractivity contribution is -0.120. The molecule has 0 atom stereocenters. The molecular weight excluding hydrogens is 358 g/mol. The van der Waals surface area contributed by atoms with Gasteiger partial charge in [0.05, 0.1) is 16.1 Å². The monoisotopic (exact) mass is 383 g/mol. The number of aromatic carboxylic acids is 1. The Kier molecular flexibility index (Phi) is 5.49. The number of fused-ring (bicyclic) bond motifs is 1. The summed E-state index contributed by atoms with van der Waals surface area (Å²) in [5.41, 5.74) is 0.886.